The number of amides is 1. The number of nitrogen functional groups attached to an aromatic ring is 1. The Balaban J connectivity index is 1.92. The lowest BCUT2D eigenvalue weighted by molar-refractivity contribution is -0.118. The highest BCUT2D eigenvalue weighted by Gasteiger charge is 2.07. The first-order chi connectivity index (χ1) is 9.56. The lowest BCUT2D eigenvalue weighted by Gasteiger charge is -2.09. The third-order valence-corrected chi connectivity index (χ3v) is 2.76. The fraction of sp³-hybridized carbons (Fsp3) is 0.133. The SMILES string of the molecule is Cc1cc(OCC(=O)Nc2ccccc2F)ccc1N. The van der Waals surface area contributed by atoms with Crippen molar-refractivity contribution in [3.05, 3.63) is 53.8 Å². The van der Waals surface area contributed by atoms with Crippen molar-refractivity contribution < 1.29 is 13.9 Å². The van der Waals surface area contributed by atoms with Gasteiger partial charge in [0.25, 0.3) is 5.91 Å². The van der Waals surface area contributed by atoms with Gasteiger partial charge in [0.15, 0.2) is 6.61 Å². The molecule has 0 spiro atoms. The molecule has 4 nitrogen and oxygen atoms in total. The molecule has 0 saturated carbocycles. The molecule has 104 valence electrons. The summed E-state index contributed by atoms with van der Waals surface area (Å²) in [7, 11) is 0. The number of anilines is 2. The minimum atomic E-state index is -0.482. The van der Waals surface area contributed by atoms with Gasteiger partial charge in [-0.25, -0.2) is 4.39 Å². The number of nitrogens with two attached hydrogens (primary N) is 1. The number of benzene rings is 2. The van der Waals surface area contributed by atoms with Gasteiger partial charge in [0.1, 0.15) is 11.6 Å². The van der Waals surface area contributed by atoms with Gasteiger partial charge in [-0.05, 0) is 42.8 Å². The van der Waals surface area contributed by atoms with Crippen LogP contribution in [-0.4, -0.2) is 12.5 Å². The first-order valence-corrected chi connectivity index (χ1v) is 6.09. The first-order valence-electron chi connectivity index (χ1n) is 6.09. The topological polar surface area (TPSA) is 64.3 Å². The summed E-state index contributed by atoms with van der Waals surface area (Å²) < 4.78 is 18.7. The monoisotopic (exact) mass is 274 g/mol. The highest BCUT2D eigenvalue weighted by molar-refractivity contribution is 5.91. The highest BCUT2D eigenvalue weighted by atomic mass is 19.1. The summed E-state index contributed by atoms with van der Waals surface area (Å²) in [6, 6.07) is 11.1. The molecule has 0 fully saturated rings. The molecule has 0 aliphatic heterocycles. The molecule has 2 rings (SSSR count). The quantitative estimate of drug-likeness (QED) is 0.842. The van der Waals surface area contributed by atoms with Crippen molar-refractivity contribution in [2.45, 2.75) is 6.92 Å². The molecule has 3 N–H and O–H groups in total. The van der Waals surface area contributed by atoms with Crippen molar-refractivity contribution in [1.29, 1.82) is 0 Å². The van der Waals surface area contributed by atoms with E-state index in [1.165, 1.54) is 12.1 Å². The van der Waals surface area contributed by atoms with Gasteiger partial charge in [-0.15, -0.1) is 0 Å². The Hall–Kier alpha value is -2.56. The Bertz CT molecular complexity index is 629. The summed E-state index contributed by atoms with van der Waals surface area (Å²) in [6.45, 7) is 1.65. The van der Waals surface area contributed by atoms with Gasteiger partial charge in [0.2, 0.25) is 0 Å². The molecule has 0 aromatic heterocycles. The van der Waals surface area contributed by atoms with Crippen molar-refractivity contribution >= 4 is 17.3 Å². The molecule has 0 aliphatic carbocycles. The molecule has 20 heavy (non-hydrogen) atoms. The summed E-state index contributed by atoms with van der Waals surface area (Å²) in [4.78, 5) is 11.7. The van der Waals surface area contributed by atoms with Crippen LogP contribution >= 0.6 is 0 Å². The van der Waals surface area contributed by atoms with E-state index in [0.717, 1.165) is 5.56 Å². The molecule has 0 atom stereocenters. The van der Waals surface area contributed by atoms with E-state index in [4.69, 9.17) is 10.5 Å². The number of rotatable bonds is 4. The van der Waals surface area contributed by atoms with Crippen LogP contribution in [0.25, 0.3) is 0 Å². The molecule has 2 aromatic carbocycles. The number of halogens is 1. The second-order valence-electron chi connectivity index (χ2n) is 4.34. The van der Waals surface area contributed by atoms with E-state index >= 15 is 0 Å². The molecule has 0 aliphatic rings. The van der Waals surface area contributed by atoms with Gasteiger partial charge in [0.05, 0.1) is 5.69 Å². The van der Waals surface area contributed by atoms with Gasteiger partial charge >= 0.3 is 0 Å². The standard InChI is InChI=1S/C15H15FN2O2/c1-10-8-11(6-7-13(10)17)20-9-15(19)18-14-5-3-2-4-12(14)16/h2-8H,9,17H2,1H3,(H,18,19). The molecule has 2 aromatic rings. The van der Waals surface area contributed by atoms with Crippen LogP contribution in [0.3, 0.4) is 0 Å². The third kappa shape index (κ3) is 3.47. The van der Waals surface area contributed by atoms with Crippen LogP contribution in [0.4, 0.5) is 15.8 Å². The number of nitrogens with one attached hydrogen (secondary N) is 1. The van der Waals surface area contributed by atoms with Crippen LogP contribution in [0, 0.1) is 12.7 Å². The van der Waals surface area contributed by atoms with E-state index in [1.807, 2.05) is 6.92 Å². The maximum absolute atomic E-state index is 13.3. The van der Waals surface area contributed by atoms with E-state index in [-0.39, 0.29) is 12.3 Å². The summed E-state index contributed by atoms with van der Waals surface area (Å²) in [6.07, 6.45) is 0. The van der Waals surface area contributed by atoms with Crippen LogP contribution < -0.4 is 15.8 Å². The summed E-state index contributed by atoms with van der Waals surface area (Å²) >= 11 is 0. The highest BCUT2D eigenvalue weighted by Crippen LogP contribution is 2.18. The van der Waals surface area contributed by atoms with Gasteiger partial charge < -0.3 is 15.8 Å². The summed E-state index contributed by atoms with van der Waals surface area (Å²) in [5, 5.41) is 2.44. The smallest absolute Gasteiger partial charge is 0.262 e. The molecular formula is C15H15FN2O2. The van der Waals surface area contributed by atoms with E-state index in [2.05, 4.69) is 5.32 Å². The molecule has 0 radical (unpaired) electrons. The molecule has 0 heterocycles. The largest absolute Gasteiger partial charge is 0.484 e. The Morgan fingerprint density at radius 3 is 2.75 bits per heavy atom. The fourth-order valence-corrected chi connectivity index (χ4v) is 1.64. The number of ether oxygens (including phenoxy) is 1. The summed E-state index contributed by atoms with van der Waals surface area (Å²) in [5.74, 6) is -0.367. The van der Waals surface area contributed by atoms with Crippen molar-refractivity contribution in [1.82, 2.24) is 0 Å². The third-order valence-electron chi connectivity index (χ3n) is 2.76. The Morgan fingerprint density at radius 2 is 2.05 bits per heavy atom. The van der Waals surface area contributed by atoms with Gasteiger partial charge in [0, 0.05) is 5.69 Å². The van der Waals surface area contributed by atoms with Gasteiger partial charge in [-0.2, -0.15) is 0 Å². The molecule has 0 saturated heterocycles. The molecule has 5 heteroatoms. The zero-order chi connectivity index (χ0) is 14.5. The average molecular weight is 274 g/mol. The minimum absolute atomic E-state index is 0.134. The molecular weight excluding hydrogens is 259 g/mol. The Kier molecular flexibility index (Phi) is 4.20. The molecule has 0 unspecified atom stereocenters. The number of hydrogen-bond donors (Lipinski definition) is 2. The Morgan fingerprint density at radius 1 is 1.30 bits per heavy atom. The lowest BCUT2D eigenvalue weighted by Crippen LogP contribution is -2.20. The fourth-order valence-electron chi connectivity index (χ4n) is 1.64. The predicted octanol–water partition coefficient (Wildman–Crippen LogP) is 2.73. The van der Waals surface area contributed by atoms with Crippen LogP contribution in [0.15, 0.2) is 42.5 Å². The average Bonchev–Trinajstić information content (AvgIpc) is 2.43. The zero-order valence-electron chi connectivity index (χ0n) is 11.0. The number of hydrogen-bond acceptors (Lipinski definition) is 3. The van der Waals surface area contributed by atoms with E-state index < -0.39 is 11.7 Å². The van der Waals surface area contributed by atoms with E-state index in [1.54, 1.807) is 30.3 Å². The van der Waals surface area contributed by atoms with Crippen LogP contribution in [0.2, 0.25) is 0 Å². The number of aryl methyl sites for hydroxylation is 1. The maximum Gasteiger partial charge on any atom is 0.262 e. The number of para-hydroxylation sites is 1. The van der Waals surface area contributed by atoms with Crippen molar-refractivity contribution in [2.75, 3.05) is 17.7 Å². The second-order valence-corrected chi connectivity index (χ2v) is 4.34. The zero-order valence-corrected chi connectivity index (χ0v) is 11.0. The normalized spacial score (nSPS) is 10.1. The van der Waals surface area contributed by atoms with Crippen LogP contribution in [0.1, 0.15) is 5.56 Å². The minimum Gasteiger partial charge on any atom is -0.484 e. The number of carbonyl (C=O) groups is 1. The van der Waals surface area contributed by atoms with Crippen molar-refractivity contribution in [3.63, 3.8) is 0 Å². The van der Waals surface area contributed by atoms with Crippen LogP contribution in [-0.2, 0) is 4.79 Å². The lowest BCUT2D eigenvalue weighted by atomic mass is 10.2. The van der Waals surface area contributed by atoms with E-state index in [9.17, 15) is 9.18 Å². The van der Waals surface area contributed by atoms with Crippen molar-refractivity contribution in [3.8, 4) is 5.75 Å². The molecule has 0 bridgehead atoms. The van der Waals surface area contributed by atoms with Gasteiger partial charge in [-0.3, -0.25) is 4.79 Å². The molecule has 1 amide bonds. The number of carbonyl (C=O) groups excluding carboxylic acids is 1. The van der Waals surface area contributed by atoms with E-state index in [0.29, 0.717) is 11.4 Å². The van der Waals surface area contributed by atoms with Gasteiger partial charge in [-0.1, -0.05) is 12.1 Å². The predicted molar refractivity (Wildman–Crippen MR) is 76.1 cm³/mol. The Labute approximate surface area is 116 Å². The van der Waals surface area contributed by atoms with Crippen molar-refractivity contribution in [2.24, 2.45) is 0 Å². The first kappa shape index (κ1) is 13.9. The second kappa shape index (κ2) is 6.06. The van der Waals surface area contributed by atoms with Crippen LogP contribution in [0.5, 0.6) is 5.75 Å². The maximum atomic E-state index is 13.3. The summed E-state index contributed by atoms with van der Waals surface area (Å²) in [5.41, 5.74) is 7.35.